The maximum Gasteiger partial charge on any atom is 0.120 e. The van der Waals surface area contributed by atoms with Gasteiger partial charge in [0.1, 0.15) is 5.75 Å². The molecule has 2 atom stereocenters. The van der Waals surface area contributed by atoms with Crippen LogP contribution in [0.5, 0.6) is 5.75 Å². The zero-order chi connectivity index (χ0) is 13.1. The average molecular weight is 249 g/mol. The highest BCUT2D eigenvalue weighted by atomic mass is 16.3. The number of aliphatic hydroxyl groups excluding tert-OH is 1. The van der Waals surface area contributed by atoms with Crippen LogP contribution in [0.2, 0.25) is 0 Å². The van der Waals surface area contributed by atoms with Crippen molar-refractivity contribution in [3.8, 4) is 5.75 Å². The van der Waals surface area contributed by atoms with Crippen LogP contribution in [0.3, 0.4) is 0 Å². The summed E-state index contributed by atoms with van der Waals surface area (Å²) in [5.74, 6) is 0.919. The van der Waals surface area contributed by atoms with E-state index in [0.717, 1.165) is 31.4 Å². The summed E-state index contributed by atoms with van der Waals surface area (Å²) >= 11 is 0. The van der Waals surface area contributed by atoms with Crippen molar-refractivity contribution in [2.75, 3.05) is 13.2 Å². The number of phenols is 1. The molecule has 1 aromatic carbocycles. The summed E-state index contributed by atoms with van der Waals surface area (Å²) in [4.78, 5) is 0. The molecule has 3 heteroatoms. The van der Waals surface area contributed by atoms with Crippen LogP contribution in [0.25, 0.3) is 0 Å². The first-order valence-corrected chi connectivity index (χ1v) is 6.81. The van der Waals surface area contributed by atoms with Gasteiger partial charge in [0.25, 0.3) is 0 Å². The minimum absolute atomic E-state index is 0.254. The van der Waals surface area contributed by atoms with Crippen LogP contribution in [0.4, 0.5) is 0 Å². The third kappa shape index (κ3) is 2.52. The van der Waals surface area contributed by atoms with Gasteiger partial charge in [0.05, 0.1) is 0 Å². The van der Waals surface area contributed by atoms with E-state index in [1.165, 1.54) is 11.1 Å². The Morgan fingerprint density at radius 2 is 2.06 bits per heavy atom. The van der Waals surface area contributed by atoms with Gasteiger partial charge in [-0.05, 0) is 55.8 Å². The molecule has 18 heavy (non-hydrogen) atoms. The van der Waals surface area contributed by atoms with Gasteiger partial charge >= 0.3 is 0 Å². The number of benzene rings is 1. The Balaban J connectivity index is 2.12. The van der Waals surface area contributed by atoms with E-state index in [1.807, 2.05) is 6.07 Å². The Labute approximate surface area is 109 Å². The lowest BCUT2D eigenvalue weighted by Crippen LogP contribution is -2.20. The third-order valence-corrected chi connectivity index (χ3v) is 3.89. The fourth-order valence-corrected chi connectivity index (χ4v) is 3.04. The number of aryl methyl sites for hydroxylation is 1. The van der Waals surface area contributed by atoms with E-state index >= 15 is 0 Å². The molecule has 1 aliphatic rings. The Hall–Kier alpha value is -1.06. The quantitative estimate of drug-likeness (QED) is 0.703. The van der Waals surface area contributed by atoms with Crippen molar-refractivity contribution in [1.29, 1.82) is 0 Å². The number of unbranched alkanes of at least 4 members (excludes halogenated alkanes) is 1. The smallest absolute Gasteiger partial charge is 0.120 e. The summed E-state index contributed by atoms with van der Waals surface area (Å²) in [6, 6.07) is 4.06. The van der Waals surface area contributed by atoms with E-state index in [0.29, 0.717) is 11.7 Å². The van der Waals surface area contributed by atoms with Gasteiger partial charge in [0.15, 0.2) is 0 Å². The molecule has 0 saturated carbocycles. The van der Waals surface area contributed by atoms with Crippen molar-refractivity contribution in [1.82, 2.24) is 5.32 Å². The normalized spacial score (nSPS) is 22.2. The lowest BCUT2D eigenvalue weighted by Gasteiger charge is -2.15. The molecular weight excluding hydrogens is 226 g/mol. The number of hydrogen-bond acceptors (Lipinski definition) is 3. The first-order valence-electron chi connectivity index (χ1n) is 6.81. The molecular formula is C15H23NO2. The van der Waals surface area contributed by atoms with E-state index in [1.54, 1.807) is 6.07 Å². The van der Waals surface area contributed by atoms with Crippen LogP contribution in [-0.2, 0) is 0 Å². The topological polar surface area (TPSA) is 52.5 Å². The van der Waals surface area contributed by atoms with Crippen molar-refractivity contribution in [2.24, 2.45) is 0 Å². The Morgan fingerprint density at radius 3 is 2.78 bits per heavy atom. The molecule has 1 aliphatic carbocycles. The van der Waals surface area contributed by atoms with Gasteiger partial charge in [0.2, 0.25) is 0 Å². The largest absolute Gasteiger partial charge is 0.508 e. The van der Waals surface area contributed by atoms with Crippen molar-refractivity contribution < 1.29 is 10.2 Å². The molecule has 100 valence electrons. The Bertz CT molecular complexity index is 417. The molecule has 3 N–H and O–H groups in total. The fraction of sp³-hybridized carbons (Fsp3) is 0.600. The predicted octanol–water partition coefficient (Wildman–Crippen LogP) is 2.61. The summed E-state index contributed by atoms with van der Waals surface area (Å²) in [7, 11) is 0. The number of aliphatic hydroxyl groups is 1. The molecule has 0 spiro atoms. The summed E-state index contributed by atoms with van der Waals surface area (Å²) in [5.41, 5.74) is 3.68. The van der Waals surface area contributed by atoms with Gasteiger partial charge < -0.3 is 15.5 Å². The van der Waals surface area contributed by atoms with Gasteiger partial charge in [-0.25, -0.2) is 0 Å². The lowest BCUT2D eigenvalue weighted by molar-refractivity contribution is 0.282. The molecule has 0 bridgehead atoms. The number of rotatable bonds is 5. The van der Waals surface area contributed by atoms with E-state index < -0.39 is 0 Å². The summed E-state index contributed by atoms with van der Waals surface area (Å²) in [6.07, 6.45) is 2.86. The van der Waals surface area contributed by atoms with Gasteiger partial charge in [0, 0.05) is 18.2 Å². The van der Waals surface area contributed by atoms with Crippen LogP contribution in [-0.4, -0.2) is 23.4 Å². The number of fused-ring (bicyclic) bond motifs is 1. The molecule has 2 rings (SSSR count). The van der Waals surface area contributed by atoms with Gasteiger partial charge in [-0.1, -0.05) is 13.0 Å². The Morgan fingerprint density at radius 1 is 1.28 bits per heavy atom. The maximum atomic E-state index is 10.1. The van der Waals surface area contributed by atoms with Gasteiger partial charge in [-0.3, -0.25) is 0 Å². The molecule has 0 fully saturated rings. The maximum absolute atomic E-state index is 10.1. The van der Waals surface area contributed by atoms with E-state index in [9.17, 15) is 5.11 Å². The average Bonchev–Trinajstić information content (AvgIpc) is 2.68. The van der Waals surface area contributed by atoms with Crippen LogP contribution in [0.1, 0.15) is 54.8 Å². The standard InChI is InChI=1S/C15H23NO2/c1-10-5-6-13(18)15-12(9-11(2)14(10)15)16-7-3-4-8-17/h5-6,11-12,16-18H,3-4,7-9H2,1-2H3. The van der Waals surface area contributed by atoms with Gasteiger partial charge in [-0.15, -0.1) is 0 Å². The molecule has 3 nitrogen and oxygen atoms in total. The van der Waals surface area contributed by atoms with E-state index in [4.69, 9.17) is 5.11 Å². The van der Waals surface area contributed by atoms with Crippen LogP contribution < -0.4 is 5.32 Å². The second-order valence-corrected chi connectivity index (χ2v) is 5.30. The molecule has 1 aromatic rings. The summed E-state index contributed by atoms with van der Waals surface area (Å²) in [5, 5.41) is 22.3. The SMILES string of the molecule is Cc1ccc(O)c2c1C(C)CC2NCCCCO. The minimum atomic E-state index is 0.254. The lowest BCUT2D eigenvalue weighted by atomic mass is 9.97. The van der Waals surface area contributed by atoms with Crippen LogP contribution in [0, 0.1) is 6.92 Å². The second-order valence-electron chi connectivity index (χ2n) is 5.30. The van der Waals surface area contributed by atoms with Crippen molar-refractivity contribution >= 4 is 0 Å². The number of hydrogen-bond donors (Lipinski definition) is 3. The fourth-order valence-electron chi connectivity index (χ4n) is 3.04. The first kappa shape index (κ1) is 13.4. The molecule has 2 unspecified atom stereocenters. The zero-order valence-corrected chi connectivity index (χ0v) is 11.2. The molecule has 0 radical (unpaired) electrons. The van der Waals surface area contributed by atoms with E-state index in [-0.39, 0.29) is 12.6 Å². The molecule has 0 amide bonds. The first-order chi connectivity index (χ1) is 8.65. The molecule has 0 heterocycles. The van der Waals surface area contributed by atoms with Crippen LogP contribution >= 0.6 is 0 Å². The minimum Gasteiger partial charge on any atom is -0.508 e. The number of phenolic OH excluding ortho intramolecular Hbond substituents is 1. The molecule has 0 aromatic heterocycles. The highest BCUT2D eigenvalue weighted by Gasteiger charge is 2.31. The number of nitrogens with one attached hydrogen (secondary N) is 1. The summed E-state index contributed by atoms with van der Waals surface area (Å²) < 4.78 is 0. The highest BCUT2D eigenvalue weighted by molar-refractivity contribution is 5.50. The van der Waals surface area contributed by atoms with E-state index in [2.05, 4.69) is 19.2 Å². The van der Waals surface area contributed by atoms with Crippen LogP contribution in [0.15, 0.2) is 12.1 Å². The zero-order valence-electron chi connectivity index (χ0n) is 11.2. The Kier molecular flexibility index (Phi) is 4.25. The van der Waals surface area contributed by atoms with Crippen molar-refractivity contribution in [2.45, 2.75) is 45.1 Å². The predicted molar refractivity (Wildman–Crippen MR) is 72.9 cm³/mol. The van der Waals surface area contributed by atoms with Crippen molar-refractivity contribution in [3.05, 3.63) is 28.8 Å². The summed E-state index contributed by atoms with van der Waals surface area (Å²) in [6.45, 7) is 5.48. The monoisotopic (exact) mass is 249 g/mol. The number of aromatic hydroxyl groups is 1. The molecule has 0 aliphatic heterocycles. The van der Waals surface area contributed by atoms with Crippen molar-refractivity contribution in [3.63, 3.8) is 0 Å². The molecule has 0 saturated heterocycles. The highest BCUT2D eigenvalue weighted by Crippen LogP contribution is 2.45. The second kappa shape index (κ2) is 5.72. The third-order valence-electron chi connectivity index (χ3n) is 3.89. The van der Waals surface area contributed by atoms with Gasteiger partial charge in [-0.2, -0.15) is 0 Å².